The maximum Gasteiger partial charge on any atom is 0.247 e. The molecule has 0 aliphatic rings. The molecule has 0 spiro atoms. The molecular formula is C36H21N3O. The molecule has 0 amide bonds. The summed E-state index contributed by atoms with van der Waals surface area (Å²) < 4.78 is 8.49. The van der Waals surface area contributed by atoms with Gasteiger partial charge in [0.15, 0.2) is 5.82 Å². The van der Waals surface area contributed by atoms with Gasteiger partial charge in [-0.3, -0.25) is 4.57 Å². The van der Waals surface area contributed by atoms with Crippen LogP contribution in [0.25, 0.3) is 82.6 Å². The Morgan fingerprint density at radius 1 is 0.525 bits per heavy atom. The SMILES string of the molecule is c1ccc(-c2nc3oc4ccccc4c3nc2-n2c3cc4ccccc4cc3c3c4ccccc4ccc32)cc1. The zero-order valence-electron chi connectivity index (χ0n) is 21.4. The fourth-order valence-electron chi connectivity index (χ4n) is 6.16. The fraction of sp³-hybridized carbons (Fsp3) is 0. The predicted octanol–water partition coefficient (Wildman–Crippen LogP) is 9.45. The summed E-state index contributed by atoms with van der Waals surface area (Å²) in [5.74, 6) is 0.788. The van der Waals surface area contributed by atoms with Crippen LogP contribution in [-0.4, -0.2) is 14.5 Å². The molecule has 0 fully saturated rings. The van der Waals surface area contributed by atoms with Crippen molar-refractivity contribution in [2.75, 3.05) is 0 Å². The van der Waals surface area contributed by atoms with Gasteiger partial charge in [0.2, 0.25) is 5.71 Å². The Morgan fingerprint density at radius 2 is 1.23 bits per heavy atom. The molecule has 0 aliphatic carbocycles. The van der Waals surface area contributed by atoms with E-state index in [0.717, 1.165) is 44.6 Å². The maximum atomic E-state index is 6.19. The van der Waals surface area contributed by atoms with Crippen LogP contribution in [0.1, 0.15) is 0 Å². The van der Waals surface area contributed by atoms with Gasteiger partial charge in [-0.25, -0.2) is 9.97 Å². The van der Waals surface area contributed by atoms with Crippen LogP contribution in [0.4, 0.5) is 0 Å². The number of furan rings is 1. The van der Waals surface area contributed by atoms with Crippen molar-refractivity contribution >= 4 is 65.6 Å². The summed E-state index contributed by atoms with van der Waals surface area (Å²) in [6, 6.07) is 44.5. The lowest BCUT2D eigenvalue weighted by molar-refractivity contribution is 0.653. The van der Waals surface area contributed by atoms with Crippen LogP contribution in [0.5, 0.6) is 0 Å². The highest BCUT2D eigenvalue weighted by Gasteiger charge is 2.22. The molecular weight excluding hydrogens is 490 g/mol. The third-order valence-electron chi connectivity index (χ3n) is 7.98. The minimum absolute atomic E-state index is 0.542. The second-order valence-corrected chi connectivity index (χ2v) is 10.2. The van der Waals surface area contributed by atoms with E-state index in [1.54, 1.807) is 0 Å². The topological polar surface area (TPSA) is 43.9 Å². The number of rotatable bonds is 2. The Morgan fingerprint density at radius 3 is 2.08 bits per heavy atom. The van der Waals surface area contributed by atoms with Gasteiger partial charge in [0.25, 0.3) is 0 Å². The first-order valence-corrected chi connectivity index (χ1v) is 13.4. The first kappa shape index (κ1) is 21.5. The smallest absolute Gasteiger partial charge is 0.247 e. The van der Waals surface area contributed by atoms with Gasteiger partial charge in [0, 0.05) is 21.7 Å². The number of nitrogens with zero attached hydrogens (tertiary/aromatic N) is 3. The summed E-state index contributed by atoms with van der Waals surface area (Å²) in [4.78, 5) is 10.5. The van der Waals surface area contributed by atoms with Crippen LogP contribution < -0.4 is 0 Å². The minimum atomic E-state index is 0.542. The van der Waals surface area contributed by atoms with E-state index in [9.17, 15) is 0 Å². The summed E-state index contributed by atoms with van der Waals surface area (Å²) in [5, 5.41) is 8.22. The molecule has 0 radical (unpaired) electrons. The molecule has 3 heterocycles. The number of aromatic nitrogens is 3. The maximum absolute atomic E-state index is 6.19. The van der Waals surface area contributed by atoms with Crippen LogP contribution in [0.2, 0.25) is 0 Å². The van der Waals surface area contributed by atoms with Crippen molar-refractivity contribution in [1.82, 2.24) is 14.5 Å². The van der Waals surface area contributed by atoms with Crippen LogP contribution >= 0.6 is 0 Å². The van der Waals surface area contributed by atoms with Crippen LogP contribution in [-0.2, 0) is 0 Å². The van der Waals surface area contributed by atoms with E-state index in [1.807, 2.05) is 36.4 Å². The molecule has 6 aromatic carbocycles. The second-order valence-electron chi connectivity index (χ2n) is 10.2. The monoisotopic (exact) mass is 511 g/mol. The van der Waals surface area contributed by atoms with Gasteiger partial charge < -0.3 is 4.42 Å². The van der Waals surface area contributed by atoms with Gasteiger partial charge in [-0.15, -0.1) is 0 Å². The van der Waals surface area contributed by atoms with E-state index < -0.39 is 0 Å². The molecule has 4 nitrogen and oxygen atoms in total. The van der Waals surface area contributed by atoms with Crippen LogP contribution in [0, 0.1) is 0 Å². The number of hydrogen-bond acceptors (Lipinski definition) is 3. The molecule has 0 bridgehead atoms. The van der Waals surface area contributed by atoms with Gasteiger partial charge in [-0.1, -0.05) is 97.1 Å². The third-order valence-corrected chi connectivity index (χ3v) is 7.98. The standard InChI is InChI=1S/C36H21N3O/c1-2-11-23(12-3-1)33-35(37-34-27-16-8-9-17-31(27)40-36(34)38-33)39-29-19-18-22-10-6-7-15-26(22)32(29)28-20-24-13-4-5-14-25(24)21-30(28)39/h1-21H. The number of benzene rings is 6. The first-order chi connectivity index (χ1) is 19.8. The van der Waals surface area contributed by atoms with Crippen LogP contribution in [0.3, 0.4) is 0 Å². The van der Waals surface area contributed by atoms with Crippen molar-refractivity contribution in [3.05, 3.63) is 127 Å². The summed E-state index contributed by atoms with van der Waals surface area (Å²) in [7, 11) is 0. The second kappa shape index (κ2) is 8.01. The molecule has 0 N–H and O–H groups in total. The highest BCUT2D eigenvalue weighted by Crippen LogP contribution is 2.41. The first-order valence-electron chi connectivity index (χ1n) is 13.4. The van der Waals surface area contributed by atoms with E-state index in [0.29, 0.717) is 5.71 Å². The zero-order chi connectivity index (χ0) is 26.2. The van der Waals surface area contributed by atoms with E-state index in [1.165, 1.54) is 32.3 Å². The van der Waals surface area contributed by atoms with Gasteiger partial charge in [-0.05, 0) is 51.9 Å². The lowest BCUT2D eigenvalue weighted by Gasteiger charge is -2.13. The zero-order valence-corrected chi connectivity index (χ0v) is 21.4. The molecule has 40 heavy (non-hydrogen) atoms. The van der Waals surface area contributed by atoms with E-state index in [2.05, 4.69) is 95.6 Å². The molecule has 0 saturated carbocycles. The van der Waals surface area contributed by atoms with E-state index >= 15 is 0 Å². The van der Waals surface area contributed by atoms with Crippen molar-refractivity contribution < 1.29 is 4.42 Å². The average Bonchev–Trinajstić information content (AvgIpc) is 3.54. The van der Waals surface area contributed by atoms with Gasteiger partial charge in [-0.2, -0.15) is 0 Å². The Bertz CT molecular complexity index is 2430. The lowest BCUT2D eigenvalue weighted by Crippen LogP contribution is -2.03. The molecule has 0 unspecified atom stereocenters. The average molecular weight is 512 g/mol. The predicted molar refractivity (Wildman–Crippen MR) is 164 cm³/mol. The number of hydrogen-bond donors (Lipinski definition) is 0. The lowest BCUT2D eigenvalue weighted by atomic mass is 10.0. The molecule has 186 valence electrons. The molecule has 0 aliphatic heterocycles. The minimum Gasteiger partial charge on any atom is -0.436 e. The van der Waals surface area contributed by atoms with Crippen molar-refractivity contribution in [2.24, 2.45) is 0 Å². The Balaban J connectivity index is 1.52. The van der Waals surface area contributed by atoms with Crippen molar-refractivity contribution in [3.63, 3.8) is 0 Å². The van der Waals surface area contributed by atoms with Crippen molar-refractivity contribution in [3.8, 4) is 17.1 Å². The fourth-order valence-corrected chi connectivity index (χ4v) is 6.16. The van der Waals surface area contributed by atoms with Gasteiger partial charge in [0.1, 0.15) is 16.8 Å². The van der Waals surface area contributed by atoms with E-state index in [-0.39, 0.29) is 0 Å². The highest BCUT2D eigenvalue weighted by molar-refractivity contribution is 6.23. The van der Waals surface area contributed by atoms with Crippen molar-refractivity contribution in [2.45, 2.75) is 0 Å². The molecule has 4 heteroatoms. The number of para-hydroxylation sites is 1. The normalized spacial score (nSPS) is 12.0. The van der Waals surface area contributed by atoms with Gasteiger partial charge in [0.05, 0.1) is 11.0 Å². The summed E-state index contributed by atoms with van der Waals surface area (Å²) in [6.07, 6.45) is 0. The Hall–Kier alpha value is -5.48. The quantitative estimate of drug-likeness (QED) is 0.232. The van der Waals surface area contributed by atoms with Crippen LogP contribution in [0.15, 0.2) is 132 Å². The Kier molecular flexibility index (Phi) is 4.30. The molecule has 9 rings (SSSR count). The summed E-state index contributed by atoms with van der Waals surface area (Å²) >= 11 is 0. The molecule has 0 atom stereocenters. The largest absolute Gasteiger partial charge is 0.436 e. The molecule has 9 aromatic rings. The highest BCUT2D eigenvalue weighted by atomic mass is 16.3. The Labute approximate surface area is 228 Å². The number of fused-ring (bicyclic) bond motifs is 9. The summed E-state index contributed by atoms with van der Waals surface area (Å²) in [6.45, 7) is 0. The summed E-state index contributed by atoms with van der Waals surface area (Å²) in [5.41, 5.74) is 6.07. The molecule has 3 aromatic heterocycles. The van der Waals surface area contributed by atoms with Crippen molar-refractivity contribution in [1.29, 1.82) is 0 Å². The third kappa shape index (κ3) is 2.96. The van der Waals surface area contributed by atoms with E-state index in [4.69, 9.17) is 14.4 Å². The van der Waals surface area contributed by atoms with Gasteiger partial charge >= 0.3 is 0 Å². The molecule has 0 saturated heterocycles.